The van der Waals surface area contributed by atoms with E-state index in [9.17, 15) is 4.79 Å². The Kier molecular flexibility index (Phi) is 4.31. The maximum Gasteiger partial charge on any atom is 0.255 e. The number of nitrogens with zero attached hydrogens (tertiary/aromatic N) is 4. The summed E-state index contributed by atoms with van der Waals surface area (Å²) in [6.07, 6.45) is 5.46. The maximum absolute atomic E-state index is 15.7. The van der Waals surface area contributed by atoms with Gasteiger partial charge in [0.05, 0.1) is 32.5 Å². The number of fused-ring (bicyclic) bond motifs is 2. The second-order valence-corrected chi connectivity index (χ2v) is 8.96. The molecule has 0 saturated heterocycles. The van der Waals surface area contributed by atoms with Crippen LogP contribution in [0.2, 0.25) is 0 Å². The number of aromatic nitrogens is 3. The molecule has 158 valence electrons. The average molecular weight is 432 g/mol. The highest BCUT2D eigenvalue weighted by Crippen LogP contribution is 2.45. The molecule has 1 aliphatic carbocycles. The molecule has 0 spiro atoms. The van der Waals surface area contributed by atoms with Gasteiger partial charge < -0.3 is 4.90 Å². The molecule has 3 heterocycles. The molecule has 0 unspecified atom stereocenters. The lowest BCUT2D eigenvalue weighted by Gasteiger charge is -2.34. The first-order valence-electron chi connectivity index (χ1n) is 10.9. The van der Waals surface area contributed by atoms with E-state index in [2.05, 4.69) is 10.1 Å². The van der Waals surface area contributed by atoms with Crippen molar-refractivity contribution < 1.29 is 9.18 Å². The van der Waals surface area contributed by atoms with Crippen LogP contribution in [-0.4, -0.2) is 41.3 Å². The fourth-order valence-corrected chi connectivity index (χ4v) is 4.85. The molecule has 2 aromatic heterocycles. The lowest BCUT2D eigenvalue weighted by atomic mass is 9.59. The molecule has 0 bridgehead atoms. The number of carbonyl (C=O) groups is 1. The number of rotatable bonds is 4. The van der Waals surface area contributed by atoms with Gasteiger partial charge in [-0.25, -0.2) is 4.39 Å². The summed E-state index contributed by atoms with van der Waals surface area (Å²) >= 11 is 0. The van der Waals surface area contributed by atoms with Crippen molar-refractivity contribution in [3.63, 3.8) is 0 Å². The van der Waals surface area contributed by atoms with E-state index in [0.29, 0.717) is 16.8 Å². The van der Waals surface area contributed by atoms with E-state index in [4.69, 9.17) is 15.7 Å². The molecular weight excluding hydrogens is 413 g/mol. The Bertz CT molecular complexity index is 1440. The van der Waals surface area contributed by atoms with E-state index in [1.54, 1.807) is 23.0 Å². The highest BCUT2D eigenvalue weighted by Gasteiger charge is 2.43. The minimum Gasteiger partial charge on any atom is -0.340 e. The lowest BCUT2D eigenvalue weighted by Crippen LogP contribution is -2.45. The molecule has 0 atom stereocenters. The third-order valence-corrected chi connectivity index (χ3v) is 6.65. The number of benzene rings is 2. The van der Waals surface area contributed by atoms with Gasteiger partial charge in [-0.3, -0.25) is 14.5 Å². The molecule has 1 fully saturated rings. The molecule has 0 N–H and O–H groups in total. The topological polar surface area (TPSA) is 51.0 Å². The van der Waals surface area contributed by atoms with Gasteiger partial charge in [-0.2, -0.15) is 5.10 Å². The first kappa shape index (κ1) is 20.2. The molecule has 1 aliphatic heterocycles. The Labute approximate surface area is 193 Å². The van der Waals surface area contributed by atoms with E-state index in [1.165, 1.54) is 11.0 Å². The van der Waals surface area contributed by atoms with Crippen molar-refractivity contribution in [2.24, 2.45) is 7.05 Å². The smallest absolute Gasteiger partial charge is 0.255 e. The van der Waals surface area contributed by atoms with E-state index < -0.39 is 5.34 Å². The fraction of sp³-hybridized carbons (Fsp3) is 0.240. The minimum absolute atomic E-state index is 0.0166. The lowest BCUT2D eigenvalue weighted by molar-refractivity contribution is 0.0729. The Balaban J connectivity index is 1.45. The highest BCUT2D eigenvalue weighted by molar-refractivity contribution is 6.42. The van der Waals surface area contributed by atoms with E-state index in [1.807, 2.05) is 37.5 Å². The summed E-state index contributed by atoms with van der Waals surface area (Å²) in [4.78, 5) is 18.6. The van der Waals surface area contributed by atoms with Crippen molar-refractivity contribution in [3.05, 3.63) is 83.1 Å². The number of pyridine rings is 1. The molecule has 2 aliphatic rings. The second kappa shape index (κ2) is 7.04. The number of aryl methyl sites for hydroxylation is 1. The van der Waals surface area contributed by atoms with Crippen LogP contribution in [-0.2, 0) is 18.9 Å². The van der Waals surface area contributed by atoms with Crippen LogP contribution in [0.3, 0.4) is 0 Å². The molecule has 1 amide bonds. The molecule has 6 rings (SSSR count). The largest absolute Gasteiger partial charge is 0.340 e. The van der Waals surface area contributed by atoms with Gasteiger partial charge in [-0.1, -0.05) is 18.2 Å². The predicted molar refractivity (Wildman–Crippen MR) is 125 cm³/mol. The fourth-order valence-electron chi connectivity index (χ4n) is 4.85. The molecule has 1 saturated carbocycles. The predicted octanol–water partition coefficient (Wildman–Crippen LogP) is 3.76. The van der Waals surface area contributed by atoms with E-state index in [-0.39, 0.29) is 24.2 Å². The summed E-state index contributed by atoms with van der Waals surface area (Å²) in [6.45, 7) is -0.0166. The SMILES string of the molecule is [B]C1([B])c2ncccc2C(=O)N1Cc1c(F)cc(-c2cccc3nn(C)cc23)cc1C1CC1. The van der Waals surface area contributed by atoms with Crippen LogP contribution in [0.5, 0.6) is 0 Å². The molecule has 4 aromatic rings. The van der Waals surface area contributed by atoms with E-state index >= 15 is 4.39 Å². The van der Waals surface area contributed by atoms with Crippen LogP contribution >= 0.6 is 0 Å². The highest BCUT2D eigenvalue weighted by atomic mass is 19.1. The van der Waals surface area contributed by atoms with Crippen LogP contribution in [0.25, 0.3) is 22.0 Å². The van der Waals surface area contributed by atoms with Gasteiger partial charge in [0.1, 0.15) is 5.82 Å². The summed E-state index contributed by atoms with van der Waals surface area (Å²) in [5, 5.41) is 3.84. The van der Waals surface area contributed by atoms with Gasteiger partial charge >= 0.3 is 0 Å². The molecule has 5 nitrogen and oxygen atoms in total. The third-order valence-electron chi connectivity index (χ3n) is 6.65. The van der Waals surface area contributed by atoms with Gasteiger partial charge in [-0.15, -0.1) is 0 Å². The van der Waals surface area contributed by atoms with Crippen LogP contribution in [0.15, 0.2) is 54.9 Å². The van der Waals surface area contributed by atoms with Crippen molar-refractivity contribution >= 4 is 32.5 Å². The number of amides is 1. The van der Waals surface area contributed by atoms with Gasteiger partial charge in [0, 0.05) is 42.3 Å². The number of carbonyl (C=O) groups excluding carboxylic acids is 1. The normalized spacial score (nSPS) is 17.0. The first-order chi connectivity index (χ1) is 15.8. The van der Waals surface area contributed by atoms with Crippen LogP contribution < -0.4 is 0 Å². The molecule has 8 heteroatoms. The zero-order valence-corrected chi connectivity index (χ0v) is 18.1. The van der Waals surface area contributed by atoms with E-state index in [0.717, 1.165) is 40.4 Å². The Hall–Kier alpha value is -3.41. The molecule has 33 heavy (non-hydrogen) atoms. The Morgan fingerprint density at radius 2 is 1.94 bits per heavy atom. The van der Waals surface area contributed by atoms with Gasteiger partial charge in [0.2, 0.25) is 0 Å². The zero-order chi connectivity index (χ0) is 22.9. The number of hydrogen-bond acceptors (Lipinski definition) is 3. The standard InChI is InChI=1S/C25H19B2FN4O/c1-31-12-20-16(4-2-6-22(20)30-31)15-10-18(14-7-8-14)19(21(28)11-15)13-32-24(33)17-5-3-9-29-23(17)25(32,26)27/h2-6,9-12,14H,7-8,13H2,1H3. The van der Waals surface area contributed by atoms with Crippen LogP contribution in [0.4, 0.5) is 4.39 Å². The second-order valence-electron chi connectivity index (χ2n) is 8.96. The zero-order valence-electron chi connectivity index (χ0n) is 18.1. The quantitative estimate of drug-likeness (QED) is 0.462. The maximum atomic E-state index is 15.7. The van der Waals surface area contributed by atoms with Gasteiger partial charge in [0.15, 0.2) is 0 Å². The monoisotopic (exact) mass is 432 g/mol. The molecule has 2 aromatic carbocycles. The summed E-state index contributed by atoms with van der Waals surface area (Å²) in [7, 11) is 14.5. The average Bonchev–Trinajstić information content (AvgIpc) is 3.53. The number of halogens is 1. The van der Waals surface area contributed by atoms with Crippen molar-refractivity contribution in [1.29, 1.82) is 0 Å². The van der Waals surface area contributed by atoms with Crippen molar-refractivity contribution in [2.75, 3.05) is 0 Å². The molecule has 4 radical (unpaired) electrons. The van der Waals surface area contributed by atoms with Crippen molar-refractivity contribution in [2.45, 2.75) is 30.6 Å². The van der Waals surface area contributed by atoms with Crippen molar-refractivity contribution in [1.82, 2.24) is 19.7 Å². The van der Waals surface area contributed by atoms with Gasteiger partial charge in [-0.05, 0) is 59.7 Å². The summed E-state index contributed by atoms with van der Waals surface area (Å²) in [5.74, 6) is -0.457. The summed E-state index contributed by atoms with van der Waals surface area (Å²) in [6, 6.07) is 12.7. The number of hydrogen-bond donors (Lipinski definition) is 0. The first-order valence-corrected chi connectivity index (χ1v) is 10.9. The third kappa shape index (κ3) is 3.11. The summed E-state index contributed by atoms with van der Waals surface area (Å²) in [5.41, 5.74) is 4.60. The minimum atomic E-state index is -1.60. The van der Waals surface area contributed by atoms with Gasteiger partial charge in [0.25, 0.3) is 5.91 Å². The van der Waals surface area contributed by atoms with Crippen LogP contribution in [0.1, 0.15) is 45.9 Å². The van der Waals surface area contributed by atoms with Crippen molar-refractivity contribution in [3.8, 4) is 11.1 Å². The van der Waals surface area contributed by atoms with Crippen LogP contribution in [0, 0.1) is 5.82 Å². The molecular formula is C25H19B2FN4O. The summed E-state index contributed by atoms with van der Waals surface area (Å²) < 4.78 is 17.5. The Morgan fingerprint density at radius 3 is 2.70 bits per heavy atom. The Morgan fingerprint density at radius 1 is 1.15 bits per heavy atom.